The van der Waals surface area contributed by atoms with Crippen LogP contribution in [0.5, 0.6) is 0 Å². The molecule has 1 aliphatic carbocycles. The van der Waals surface area contributed by atoms with E-state index in [-0.39, 0.29) is 17.6 Å². The molecule has 0 radical (unpaired) electrons. The highest BCUT2D eigenvalue weighted by Crippen LogP contribution is 2.47. The third-order valence-corrected chi connectivity index (χ3v) is 4.51. The summed E-state index contributed by atoms with van der Waals surface area (Å²) >= 11 is 0. The number of benzene rings is 2. The van der Waals surface area contributed by atoms with Crippen molar-refractivity contribution in [2.45, 2.75) is 18.9 Å². The van der Waals surface area contributed by atoms with E-state index in [1.54, 1.807) is 29.2 Å². The third-order valence-electron chi connectivity index (χ3n) is 4.51. The Labute approximate surface area is 145 Å². The van der Waals surface area contributed by atoms with Crippen LogP contribution < -0.4 is 5.32 Å². The number of hydrogen-bond donors (Lipinski definition) is 1. The van der Waals surface area contributed by atoms with Gasteiger partial charge in [-0.05, 0) is 35.6 Å². The zero-order valence-corrected chi connectivity index (χ0v) is 13.6. The Morgan fingerprint density at radius 2 is 1.92 bits per heavy atom. The van der Waals surface area contributed by atoms with E-state index in [0.717, 1.165) is 12.0 Å². The Morgan fingerprint density at radius 1 is 1.16 bits per heavy atom. The largest absolute Gasteiger partial charge is 0.323 e. The molecule has 2 aromatic carbocycles. The minimum absolute atomic E-state index is 0.0304. The van der Waals surface area contributed by atoms with Crippen LogP contribution in [0.4, 0.5) is 10.1 Å². The SMILES string of the molecule is O=C(Nc1cnn(Cc2ccc(F)cc2)c1)[C@@H]1C[C@@H]1c1ccccc1. The molecule has 1 fully saturated rings. The van der Waals surface area contributed by atoms with Crippen molar-refractivity contribution in [3.8, 4) is 0 Å². The standard InChI is InChI=1S/C20H18FN3O/c21-16-8-6-14(7-9-16)12-24-13-17(11-22-24)23-20(25)19-10-18(19)15-4-2-1-3-5-15/h1-9,11,13,18-19H,10,12H2,(H,23,25)/t18-,19-/m1/s1. The van der Waals surface area contributed by atoms with Crippen molar-refractivity contribution < 1.29 is 9.18 Å². The van der Waals surface area contributed by atoms with Gasteiger partial charge in [-0.15, -0.1) is 0 Å². The molecule has 5 heteroatoms. The van der Waals surface area contributed by atoms with Crippen LogP contribution in [0.1, 0.15) is 23.5 Å². The van der Waals surface area contributed by atoms with Crippen molar-refractivity contribution in [3.63, 3.8) is 0 Å². The zero-order chi connectivity index (χ0) is 17.2. The molecule has 0 spiro atoms. The number of aromatic nitrogens is 2. The number of anilines is 1. The number of rotatable bonds is 5. The van der Waals surface area contributed by atoms with Gasteiger partial charge in [-0.2, -0.15) is 5.10 Å². The van der Waals surface area contributed by atoms with Crippen LogP contribution >= 0.6 is 0 Å². The number of hydrogen-bond acceptors (Lipinski definition) is 2. The molecule has 4 nitrogen and oxygen atoms in total. The molecule has 0 saturated heterocycles. The average molecular weight is 335 g/mol. The van der Waals surface area contributed by atoms with Gasteiger partial charge >= 0.3 is 0 Å². The summed E-state index contributed by atoms with van der Waals surface area (Å²) in [5.41, 5.74) is 2.86. The van der Waals surface area contributed by atoms with Crippen LogP contribution in [-0.2, 0) is 11.3 Å². The molecule has 1 aromatic heterocycles. The number of nitrogens with one attached hydrogen (secondary N) is 1. The first-order chi connectivity index (χ1) is 12.2. The van der Waals surface area contributed by atoms with E-state index in [1.807, 2.05) is 18.2 Å². The molecule has 2 atom stereocenters. The molecule has 1 saturated carbocycles. The topological polar surface area (TPSA) is 46.9 Å². The summed E-state index contributed by atoms with van der Waals surface area (Å²) in [7, 11) is 0. The Morgan fingerprint density at radius 3 is 2.68 bits per heavy atom. The molecular weight excluding hydrogens is 317 g/mol. The zero-order valence-electron chi connectivity index (χ0n) is 13.6. The fourth-order valence-corrected chi connectivity index (χ4v) is 3.08. The van der Waals surface area contributed by atoms with Crippen molar-refractivity contribution in [2.24, 2.45) is 5.92 Å². The summed E-state index contributed by atoms with van der Waals surface area (Å²) in [6.45, 7) is 0.534. The molecule has 3 aromatic rings. The first-order valence-electron chi connectivity index (χ1n) is 8.32. The van der Waals surface area contributed by atoms with Crippen LogP contribution in [0.25, 0.3) is 0 Å². The van der Waals surface area contributed by atoms with Crippen molar-refractivity contribution in [3.05, 3.63) is 83.9 Å². The van der Waals surface area contributed by atoms with Crippen LogP contribution in [-0.4, -0.2) is 15.7 Å². The van der Waals surface area contributed by atoms with Crippen molar-refractivity contribution >= 4 is 11.6 Å². The molecule has 126 valence electrons. The number of halogens is 1. The Kier molecular flexibility index (Phi) is 4.06. The second-order valence-electron chi connectivity index (χ2n) is 6.40. The number of carbonyl (C=O) groups is 1. The van der Waals surface area contributed by atoms with E-state index in [9.17, 15) is 9.18 Å². The molecule has 1 amide bonds. The fourth-order valence-electron chi connectivity index (χ4n) is 3.08. The predicted molar refractivity (Wildman–Crippen MR) is 93.6 cm³/mol. The monoisotopic (exact) mass is 335 g/mol. The smallest absolute Gasteiger partial charge is 0.228 e. The molecule has 1 N–H and O–H groups in total. The van der Waals surface area contributed by atoms with Crippen molar-refractivity contribution in [1.82, 2.24) is 9.78 Å². The van der Waals surface area contributed by atoms with Crippen LogP contribution in [0, 0.1) is 11.7 Å². The summed E-state index contributed by atoms with van der Waals surface area (Å²) in [4.78, 5) is 12.4. The minimum atomic E-state index is -0.255. The van der Waals surface area contributed by atoms with Crippen LogP contribution in [0.15, 0.2) is 67.0 Å². The maximum absolute atomic E-state index is 12.9. The van der Waals surface area contributed by atoms with E-state index in [2.05, 4.69) is 22.5 Å². The summed E-state index contributed by atoms with van der Waals surface area (Å²) in [6, 6.07) is 16.4. The van der Waals surface area contributed by atoms with Crippen molar-refractivity contribution in [1.29, 1.82) is 0 Å². The van der Waals surface area contributed by atoms with Gasteiger partial charge in [0.1, 0.15) is 5.82 Å². The molecule has 1 heterocycles. The molecule has 1 aliphatic rings. The lowest BCUT2D eigenvalue weighted by Gasteiger charge is -2.03. The van der Waals surface area contributed by atoms with Gasteiger partial charge in [0.05, 0.1) is 18.4 Å². The first kappa shape index (κ1) is 15.6. The lowest BCUT2D eigenvalue weighted by atomic mass is 10.1. The van der Waals surface area contributed by atoms with Gasteiger partial charge in [0.2, 0.25) is 5.91 Å². The van der Waals surface area contributed by atoms with Gasteiger partial charge in [-0.1, -0.05) is 42.5 Å². The maximum atomic E-state index is 12.9. The molecular formula is C20H18FN3O. The molecule has 0 unspecified atom stereocenters. The quantitative estimate of drug-likeness (QED) is 0.771. The van der Waals surface area contributed by atoms with E-state index in [4.69, 9.17) is 0 Å². The number of nitrogens with zero attached hydrogens (tertiary/aromatic N) is 2. The Hall–Kier alpha value is -2.95. The van der Waals surface area contributed by atoms with E-state index in [0.29, 0.717) is 18.2 Å². The van der Waals surface area contributed by atoms with Gasteiger partial charge in [0.15, 0.2) is 0 Å². The lowest BCUT2D eigenvalue weighted by molar-refractivity contribution is -0.117. The number of amides is 1. The molecule has 0 bridgehead atoms. The lowest BCUT2D eigenvalue weighted by Crippen LogP contribution is -2.14. The maximum Gasteiger partial charge on any atom is 0.228 e. The Balaban J connectivity index is 1.35. The van der Waals surface area contributed by atoms with Crippen molar-refractivity contribution in [2.75, 3.05) is 5.32 Å². The highest BCUT2D eigenvalue weighted by molar-refractivity contribution is 5.95. The molecule has 4 rings (SSSR count). The minimum Gasteiger partial charge on any atom is -0.323 e. The van der Waals surface area contributed by atoms with Crippen LogP contribution in [0.2, 0.25) is 0 Å². The van der Waals surface area contributed by atoms with Crippen LogP contribution in [0.3, 0.4) is 0 Å². The second kappa shape index (κ2) is 6.51. The number of carbonyl (C=O) groups excluding carboxylic acids is 1. The summed E-state index contributed by atoms with van der Waals surface area (Å²) in [6.07, 6.45) is 4.32. The second-order valence-corrected chi connectivity index (χ2v) is 6.40. The third kappa shape index (κ3) is 3.60. The van der Waals surface area contributed by atoms with Gasteiger partial charge in [0.25, 0.3) is 0 Å². The summed E-state index contributed by atoms with van der Waals surface area (Å²) < 4.78 is 14.7. The van der Waals surface area contributed by atoms with Gasteiger partial charge in [-0.3, -0.25) is 9.48 Å². The van der Waals surface area contributed by atoms with E-state index in [1.165, 1.54) is 17.7 Å². The highest BCUT2D eigenvalue weighted by Gasteiger charge is 2.43. The van der Waals surface area contributed by atoms with Gasteiger partial charge in [0, 0.05) is 12.1 Å². The molecule has 0 aliphatic heterocycles. The van der Waals surface area contributed by atoms with Gasteiger partial charge < -0.3 is 5.32 Å². The highest BCUT2D eigenvalue weighted by atomic mass is 19.1. The molecule has 25 heavy (non-hydrogen) atoms. The Bertz CT molecular complexity index is 873. The predicted octanol–water partition coefficient (Wildman–Crippen LogP) is 3.81. The summed E-state index contributed by atoms with van der Waals surface area (Å²) in [5, 5.41) is 7.19. The van der Waals surface area contributed by atoms with Gasteiger partial charge in [-0.25, -0.2) is 4.39 Å². The first-order valence-corrected chi connectivity index (χ1v) is 8.32. The summed E-state index contributed by atoms with van der Waals surface area (Å²) in [5.74, 6) is 0.128. The van der Waals surface area contributed by atoms with E-state index < -0.39 is 0 Å². The normalized spacial score (nSPS) is 18.8. The fraction of sp³-hybridized carbons (Fsp3) is 0.200. The van der Waals surface area contributed by atoms with E-state index >= 15 is 0 Å². The average Bonchev–Trinajstić information content (AvgIpc) is 3.33.